The molecule has 10 nitrogen and oxygen atoms in total. The summed E-state index contributed by atoms with van der Waals surface area (Å²) in [6.45, 7) is 4.80. The molecule has 11 heteroatoms. The number of para-hydroxylation sites is 1. The summed E-state index contributed by atoms with van der Waals surface area (Å²) >= 11 is 1.64. The number of unbranched alkanes of at least 4 members (excludes halogenated alkanes) is 3. The van der Waals surface area contributed by atoms with E-state index < -0.39 is 27.4 Å². The van der Waals surface area contributed by atoms with E-state index in [1.54, 1.807) is 28.3 Å². The molecule has 3 fully saturated rings. The number of carbonyl (C=O) groups is 3. The summed E-state index contributed by atoms with van der Waals surface area (Å²) in [7, 11) is 0. The molecule has 0 saturated carbocycles. The second-order valence-electron chi connectivity index (χ2n) is 10.4. The van der Waals surface area contributed by atoms with Gasteiger partial charge in [-0.1, -0.05) is 30.2 Å². The summed E-state index contributed by atoms with van der Waals surface area (Å²) in [6, 6.07) is 6.86. The highest BCUT2D eigenvalue weighted by molar-refractivity contribution is 8.02. The standard InChI is InChI=1S/C26H35N5O5S/c1-3-36-24(35)20-19-23(34)30(14-8-4-5-9-15-32)21(26(19)13-12-25(20,2)37-26)22(33)27-16-31-18-11-7-6-10-17(18)28-29-31/h6-7,10-11,19-21,32H,3-5,8-9,12-16H2,1-2H3,(H,27,33)/t19-,20-,21?,25+,26?/m0/s1. The van der Waals surface area contributed by atoms with Gasteiger partial charge in [-0.05, 0) is 51.7 Å². The van der Waals surface area contributed by atoms with Crippen molar-refractivity contribution in [3.8, 4) is 0 Å². The van der Waals surface area contributed by atoms with E-state index in [9.17, 15) is 14.4 Å². The van der Waals surface area contributed by atoms with Crippen molar-refractivity contribution >= 4 is 40.6 Å². The van der Waals surface area contributed by atoms with Crippen molar-refractivity contribution in [3.05, 3.63) is 24.3 Å². The van der Waals surface area contributed by atoms with Crippen LogP contribution in [0.15, 0.2) is 24.3 Å². The molecule has 0 aliphatic carbocycles. The number of aromatic nitrogens is 3. The molecule has 37 heavy (non-hydrogen) atoms. The Hall–Kier alpha value is -2.66. The molecule has 1 aromatic heterocycles. The molecule has 2 N–H and O–H groups in total. The van der Waals surface area contributed by atoms with E-state index in [0.717, 1.165) is 43.1 Å². The maximum atomic E-state index is 13.9. The molecule has 2 bridgehead atoms. The smallest absolute Gasteiger partial charge is 0.311 e. The van der Waals surface area contributed by atoms with Gasteiger partial charge in [-0.2, -0.15) is 0 Å². The van der Waals surface area contributed by atoms with Crippen LogP contribution in [0.5, 0.6) is 0 Å². The third-order valence-electron chi connectivity index (χ3n) is 8.20. The quantitative estimate of drug-likeness (QED) is 0.335. The number of thioether (sulfide) groups is 1. The molecule has 2 unspecified atom stereocenters. The lowest BCUT2D eigenvalue weighted by Gasteiger charge is -2.34. The largest absolute Gasteiger partial charge is 0.466 e. The SMILES string of the molecule is CCOC(=O)[C@@H]1[C@H]2C(=O)N(CCCCCCO)C(C(=O)NCn3nnc4ccccc43)C23CC[C@@]1(C)S3. The fourth-order valence-corrected chi connectivity index (χ4v) is 8.93. The third kappa shape index (κ3) is 4.29. The Kier molecular flexibility index (Phi) is 7.19. The lowest BCUT2D eigenvalue weighted by molar-refractivity contribution is -0.155. The van der Waals surface area contributed by atoms with E-state index in [-0.39, 0.29) is 37.7 Å². The molecule has 3 saturated heterocycles. The van der Waals surface area contributed by atoms with E-state index in [1.165, 1.54) is 0 Å². The third-order valence-corrected chi connectivity index (χ3v) is 10.2. The monoisotopic (exact) mass is 529 g/mol. The number of nitrogens with one attached hydrogen (secondary N) is 1. The predicted molar refractivity (Wildman–Crippen MR) is 138 cm³/mol. The Balaban J connectivity index is 1.41. The molecule has 1 aromatic carbocycles. The Bertz CT molecular complexity index is 1190. The van der Waals surface area contributed by atoms with Crippen LogP contribution >= 0.6 is 11.8 Å². The van der Waals surface area contributed by atoms with Gasteiger partial charge in [0.2, 0.25) is 11.8 Å². The maximum absolute atomic E-state index is 13.9. The van der Waals surface area contributed by atoms with Gasteiger partial charge in [0.1, 0.15) is 18.2 Å². The highest BCUT2D eigenvalue weighted by atomic mass is 32.2. The molecule has 2 amide bonds. The van der Waals surface area contributed by atoms with Crippen LogP contribution in [0, 0.1) is 11.8 Å². The highest BCUT2D eigenvalue weighted by Gasteiger charge is 2.77. The average Bonchev–Trinajstić information content (AvgIpc) is 3.58. The molecule has 5 atom stereocenters. The molecule has 3 aliphatic heterocycles. The fraction of sp³-hybridized carbons (Fsp3) is 0.654. The molecule has 200 valence electrons. The van der Waals surface area contributed by atoms with Gasteiger partial charge in [0.15, 0.2) is 0 Å². The minimum absolute atomic E-state index is 0.123. The summed E-state index contributed by atoms with van der Waals surface area (Å²) in [5.41, 5.74) is 1.55. The molecule has 0 radical (unpaired) electrons. The number of hydrogen-bond donors (Lipinski definition) is 2. The summed E-state index contributed by atoms with van der Waals surface area (Å²) in [6.07, 6.45) is 4.63. The number of hydrogen-bond acceptors (Lipinski definition) is 8. The molecule has 3 aliphatic rings. The van der Waals surface area contributed by atoms with Crippen LogP contribution in [0.3, 0.4) is 0 Å². The zero-order valence-corrected chi connectivity index (χ0v) is 22.2. The van der Waals surface area contributed by atoms with Crippen molar-refractivity contribution in [2.75, 3.05) is 19.8 Å². The van der Waals surface area contributed by atoms with Crippen molar-refractivity contribution in [1.82, 2.24) is 25.2 Å². The van der Waals surface area contributed by atoms with E-state index >= 15 is 0 Å². The molecule has 2 aromatic rings. The lowest BCUT2D eigenvalue weighted by atomic mass is 9.66. The van der Waals surface area contributed by atoms with E-state index in [1.807, 2.05) is 31.2 Å². The number of aliphatic hydroxyl groups is 1. The zero-order valence-electron chi connectivity index (χ0n) is 21.4. The Morgan fingerprint density at radius 2 is 2.00 bits per heavy atom. The van der Waals surface area contributed by atoms with Crippen molar-refractivity contribution in [1.29, 1.82) is 0 Å². The first-order valence-corrected chi connectivity index (χ1v) is 14.0. The number of carbonyl (C=O) groups excluding carboxylic acids is 3. The molecule has 1 spiro atoms. The van der Waals surface area contributed by atoms with Crippen molar-refractivity contribution < 1.29 is 24.2 Å². The van der Waals surface area contributed by atoms with Crippen LogP contribution in [0.25, 0.3) is 11.0 Å². The van der Waals surface area contributed by atoms with Crippen LogP contribution in [0.1, 0.15) is 52.4 Å². The van der Waals surface area contributed by atoms with Crippen LogP contribution in [0.2, 0.25) is 0 Å². The number of esters is 1. The topological polar surface area (TPSA) is 127 Å². The van der Waals surface area contributed by atoms with Gasteiger partial charge >= 0.3 is 5.97 Å². The fourth-order valence-electron chi connectivity index (χ4n) is 6.59. The van der Waals surface area contributed by atoms with Crippen LogP contribution < -0.4 is 5.32 Å². The predicted octanol–water partition coefficient (Wildman–Crippen LogP) is 2.10. The van der Waals surface area contributed by atoms with Crippen LogP contribution in [-0.4, -0.2) is 78.1 Å². The minimum atomic E-state index is -0.677. The average molecular weight is 530 g/mol. The first kappa shape index (κ1) is 26.0. The van der Waals surface area contributed by atoms with Gasteiger partial charge < -0.3 is 20.1 Å². The van der Waals surface area contributed by atoms with Gasteiger partial charge in [-0.15, -0.1) is 16.9 Å². The van der Waals surface area contributed by atoms with E-state index in [4.69, 9.17) is 9.84 Å². The number of rotatable bonds is 11. The normalized spacial score (nSPS) is 30.2. The van der Waals surface area contributed by atoms with E-state index in [2.05, 4.69) is 15.6 Å². The second kappa shape index (κ2) is 10.2. The summed E-state index contributed by atoms with van der Waals surface area (Å²) in [5, 5.41) is 20.4. The number of nitrogens with zero attached hydrogens (tertiary/aromatic N) is 4. The van der Waals surface area contributed by atoms with Gasteiger partial charge in [-0.25, -0.2) is 4.68 Å². The summed E-state index contributed by atoms with van der Waals surface area (Å²) in [4.78, 5) is 42.6. The van der Waals surface area contributed by atoms with Crippen molar-refractivity contribution in [2.45, 2.75) is 74.6 Å². The summed E-state index contributed by atoms with van der Waals surface area (Å²) < 4.78 is 5.97. The van der Waals surface area contributed by atoms with Crippen LogP contribution in [0.4, 0.5) is 0 Å². The highest BCUT2D eigenvalue weighted by Crippen LogP contribution is 2.71. The Labute approximate surface area is 220 Å². The second-order valence-corrected chi connectivity index (χ2v) is 12.3. The van der Waals surface area contributed by atoms with E-state index in [0.29, 0.717) is 13.0 Å². The van der Waals surface area contributed by atoms with Gasteiger partial charge in [0.05, 0.1) is 28.7 Å². The van der Waals surface area contributed by atoms with Crippen LogP contribution in [-0.2, 0) is 25.8 Å². The minimum Gasteiger partial charge on any atom is -0.466 e. The Morgan fingerprint density at radius 1 is 1.22 bits per heavy atom. The first-order valence-electron chi connectivity index (χ1n) is 13.2. The van der Waals surface area contributed by atoms with Crippen molar-refractivity contribution in [3.63, 3.8) is 0 Å². The zero-order chi connectivity index (χ0) is 26.2. The number of fused-ring (bicyclic) bond motifs is 2. The molecular formula is C26H35N5O5S. The molecule has 5 rings (SSSR count). The molecular weight excluding hydrogens is 494 g/mol. The number of benzene rings is 1. The van der Waals surface area contributed by atoms with Gasteiger partial charge in [0.25, 0.3) is 0 Å². The first-order chi connectivity index (χ1) is 17.9. The number of ether oxygens (including phenoxy) is 1. The Morgan fingerprint density at radius 3 is 2.78 bits per heavy atom. The lowest BCUT2D eigenvalue weighted by Crippen LogP contribution is -2.53. The maximum Gasteiger partial charge on any atom is 0.311 e. The molecule has 4 heterocycles. The number of likely N-dealkylation sites (tertiary alicyclic amines) is 1. The van der Waals surface area contributed by atoms with Crippen molar-refractivity contribution in [2.24, 2.45) is 11.8 Å². The summed E-state index contributed by atoms with van der Waals surface area (Å²) in [5.74, 6) is -1.83. The number of amides is 2. The van der Waals surface area contributed by atoms with Gasteiger partial charge in [0, 0.05) is 17.9 Å². The van der Waals surface area contributed by atoms with Gasteiger partial charge in [-0.3, -0.25) is 14.4 Å². The number of aliphatic hydroxyl groups excluding tert-OH is 1.